The summed E-state index contributed by atoms with van der Waals surface area (Å²) in [7, 11) is 0. The van der Waals surface area contributed by atoms with Crippen LogP contribution in [0, 0.1) is 0 Å². The van der Waals surface area contributed by atoms with Gasteiger partial charge in [0.05, 0.1) is 6.04 Å². The molecule has 1 atom stereocenters. The highest BCUT2D eigenvalue weighted by Gasteiger charge is 2.31. The van der Waals surface area contributed by atoms with Gasteiger partial charge in [-0.3, -0.25) is 4.79 Å². The predicted octanol–water partition coefficient (Wildman–Crippen LogP) is 4.86. The van der Waals surface area contributed by atoms with Gasteiger partial charge in [-0.25, -0.2) is 0 Å². The second-order valence-electron chi connectivity index (χ2n) is 6.02. The topological polar surface area (TPSA) is 20.3 Å². The summed E-state index contributed by atoms with van der Waals surface area (Å²) in [6.07, 6.45) is 5.07. The van der Waals surface area contributed by atoms with Crippen molar-refractivity contribution in [3.05, 3.63) is 59.7 Å². The molecule has 0 saturated carbocycles. The SMILES string of the molecule is CC/C=C(\C)C(=O)N1CCCC1c1cccc2ccccc12. The fourth-order valence-electron chi connectivity index (χ4n) is 3.49. The molecular formula is C20H23NO. The first-order chi connectivity index (χ1) is 10.7. The molecule has 2 aromatic rings. The van der Waals surface area contributed by atoms with Gasteiger partial charge in [0.25, 0.3) is 0 Å². The van der Waals surface area contributed by atoms with Gasteiger partial charge in [0.15, 0.2) is 0 Å². The van der Waals surface area contributed by atoms with E-state index in [1.165, 1.54) is 16.3 Å². The Morgan fingerprint density at radius 1 is 1.23 bits per heavy atom. The van der Waals surface area contributed by atoms with Gasteiger partial charge in [-0.15, -0.1) is 0 Å². The Balaban J connectivity index is 1.99. The summed E-state index contributed by atoms with van der Waals surface area (Å²) in [5.74, 6) is 0.192. The van der Waals surface area contributed by atoms with E-state index in [2.05, 4.69) is 54.3 Å². The molecule has 114 valence electrons. The van der Waals surface area contributed by atoms with Crippen LogP contribution in [0.2, 0.25) is 0 Å². The first kappa shape index (κ1) is 14.8. The van der Waals surface area contributed by atoms with E-state index in [9.17, 15) is 4.79 Å². The lowest BCUT2D eigenvalue weighted by Crippen LogP contribution is -2.31. The molecule has 1 heterocycles. The average molecular weight is 293 g/mol. The number of rotatable bonds is 3. The average Bonchev–Trinajstić information content (AvgIpc) is 3.03. The number of allylic oxidation sites excluding steroid dienone is 1. The number of fused-ring (bicyclic) bond motifs is 1. The maximum absolute atomic E-state index is 12.7. The van der Waals surface area contributed by atoms with Gasteiger partial charge in [-0.1, -0.05) is 55.5 Å². The van der Waals surface area contributed by atoms with Crippen molar-refractivity contribution in [1.29, 1.82) is 0 Å². The molecule has 2 nitrogen and oxygen atoms in total. The van der Waals surface area contributed by atoms with Crippen molar-refractivity contribution in [1.82, 2.24) is 4.90 Å². The maximum atomic E-state index is 12.7. The van der Waals surface area contributed by atoms with Crippen molar-refractivity contribution in [2.24, 2.45) is 0 Å². The summed E-state index contributed by atoms with van der Waals surface area (Å²) in [6.45, 7) is 4.87. The summed E-state index contributed by atoms with van der Waals surface area (Å²) in [4.78, 5) is 14.8. The third-order valence-corrected chi connectivity index (χ3v) is 4.54. The molecule has 1 fully saturated rings. The zero-order valence-electron chi connectivity index (χ0n) is 13.4. The minimum absolute atomic E-state index is 0.192. The summed E-state index contributed by atoms with van der Waals surface area (Å²) in [5, 5.41) is 2.52. The number of amides is 1. The number of nitrogens with zero attached hydrogens (tertiary/aromatic N) is 1. The Morgan fingerprint density at radius 3 is 2.82 bits per heavy atom. The maximum Gasteiger partial charge on any atom is 0.249 e. The van der Waals surface area contributed by atoms with E-state index < -0.39 is 0 Å². The van der Waals surface area contributed by atoms with Crippen molar-refractivity contribution in [2.75, 3.05) is 6.54 Å². The highest BCUT2D eigenvalue weighted by atomic mass is 16.2. The lowest BCUT2D eigenvalue weighted by Gasteiger charge is -2.26. The standard InChI is InChI=1S/C20H23NO/c1-3-8-15(2)20(22)21-14-7-13-19(21)18-12-6-10-16-9-4-5-11-17(16)18/h4-6,8-12,19H,3,7,13-14H2,1-2H3/b15-8+. The molecule has 0 radical (unpaired) electrons. The highest BCUT2D eigenvalue weighted by Crippen LogP contribution is 2.36. The van der Waals surface area contributed by atoms with Gasteiger partial charge >= 0.3 is 0 Å². The molecule has 22 heavy (non-hydrogen) atoms. The Bertz CT molecular complexity index is 711. The molecule has 1 unspecified atom stereocenters. The third kappa shape index (κ3) is 2.66. The normalized spacial score (nSPS) is 18.9. The summed E-state index contributed by atoms with van der Waals surface area (Å²) >= 11 is 0. The monoisotopic (exact) mass is 293 g/mol. The fraction of sp³-hybridized carbons (Fsp3) is 0.350. The van der Waals surface area contributed by atoms with Crippen LogP contribution in [0.25, 0.3) is 10.8 Å². The summed E-state index contributed by atoms with van der Waals surface area (Å²) < 4.78 is 0. The van der Waals surface area contributed by atoms with Crippen LogP contribution in [0.5, 0.6) is 0 Å². The highest BCUT2D eigenvalue weighted by molar-refractivity contribution is 5.94. The van der Waals surface area contributed by atoms with Gasteiger partial charge in [0.1, 0.15) is 0 Å². The van der Waals surface area contributed by atoms with Gasteiger partial charge in [-0.2, -0.15) is 0 Å². The molecule has 1 aliphatic rings. The van der Waals surface area contributed by atoms with Crippen LogP contribution < -0.4 is 0 Å². The van der Waals surface area contributed by atoms with E-state index in [4.69, 9.17) is 0 Å². The van der Waals surface area contributed by atoms with Crippen LogP contribution in [0.4, 0.5) is 0 Å². The second-order valence-corrected chi connectivity index (χ2v) is 6.02. The number of hydrogen-bond donors (Lipinski definition) is 0. The first-order valence-corrected chi connectivity index (χ1v) is 8.17. The van der Waals surface area contributed by atoms with Crippen LogP contribution in [0.15, 0.2) is 54.1 Å². The van der Waals surface area contributed by atoms with Gasteiger partial charge in [-0.05, 0) is 42.5 Å². The number of benzene rings is 2. The lowest BCUT2D eigenvalue weighted by molar-refractivity contribution is -0.128. The molecule has 2 heteroatoms. The number of carbonyl (C=O) groups is 1. The smallest absolute Gasteiger partial charge is 0.249 e. The zero-order chi connectivity index (χ0) is 15.5. The molecule has 1 amide bonds. The van der Waals surface area contributed by atoms with Crippen LogP contribution in [0.3, 0.4) is 0 Å². The molecule has 0 aromatic heterocycles. The van der Waals surface area contributed by atoms with E-state index in [0.717, 1.165) is 31.4 Å². The minimum atomic E-state index is 0.192. The fourth-order valence-corrected chi connectivity index (χ4v) is 3.49. The van der Waals surface area contributed by atoms with Crippen LogP contribution >= 0.6 is 0 Å². The second kappa shape index (κ2) is 6.35. The van der Waals surface area contributed by atoms with Gasteiger partial charge < -0.3 is 4.90 Å². The molecule has 0 aliphatic carbocycles. The van der Waals surface area contributed by atoms with Crippen molar-refractivity contribution in [2.45, 2.75) is 39.2 Å². The summed E-state index contributed by atoms with van der Waals surface area (Å²) in [5.41, 5.74) is 2.16. The molecule has 2 aromatic carbocycles. The van der Waals surface area contributed by atoms with Crippen molar-refractivity contribution < 1.29 is 4.79 Å². The number of carbonyl (C=O) groups excluding carboxylic acids is 1. The number of hydrogen-bond acceptors (Lipinski definition) is 1. The van der Waals surface area contributed by atoms with E-state index >= 15 is 0 Å². The van der Waals surface area contributed by atoms with E-state index in [-0.39, 0.29) is 11.9 Å². The largest absolute Gasteiger partial charge is 0.332 e. The molecular weight excluding hydrogens is 270 g/mol. The molecule has 0 bridgehead atoms. The van der Waals surface area contributed by atoms with Crippen molar-refractivity contribution >= 4 is 16.7 Å². The van der Waals surface area contributed by atoms with Gasteiger partial charge in [0, 0.05) is 12.1 Å². The molecule has 1 saturated heterocycles. The predicted molar refractivity (Wildman–Crippen MR) is 91.7 cm³/mol. The van der Waals surface area contributed by atoms with Crippen molar-refractivity contribution in [3.8, 4) is 0 Å². The van der Waals surface area contributed by atoms with E-state index in [0.29, 0.717) is 0 Å². The zero-order valence-corrected chi connectivity index (χ0v) is 13.4. The molecule has 1 aliphatic heterocycles. The van der Waals surface area contributed by atoms with Gasteiger partial charge in [0.2, 0.25) is 5.91 Å². The number of likely N-dealkylation sites (tertiary alicyclic amines) is 1. The Labute approximate surface area is 132 Å². The molecule has 3 rings (SSSR count). The summed E-state index contributed by atoms with van der Waals surface area (Å²) in [6, 6.07) is 15.1. The van der Waals surface area contributed by atoms with E-state index in [1.807, 2.05) is 13.0 Å². The third-order valence-electron chi connectivity index (χ3n) is 4.54. The van der Waals surface area contributed by atoms with Crippen molar-refractivity contribution in [3.63, 3.8) is 0 Å². The molecule has 0 N–H and O–H groups in total. The minimum Gasteiger partial charge on any atom is -0.332 e. The quantitative estimate of drug-likeness (QED) is 0.740. The van der Waals surface area contributed by atoms with Crippen LogP contribution in [-0.2, 0) is 4.79 Å². The van der Waals surface area contributed by atoms with E-state index in [1.54, 1.807) is 0 Å². The lowest BCUT2D eigenvalue weighted by atomic mass is 9.97. The van der Waals surface area contributed by atoms with Crippen LogP contribution in [-0.4, -0.2) is 17.4 Å². The van der Waals surface area contributed by atoms with Crippen LogP contribution in [0.1, 0.15) is 44.7 Å². The Kier molecular flexibility index (Phi) is 4.28. The first-order valence-electron chi connectivity index (χ1n) is 8.17. The Hall–Kier alpha value is -2.09. The Morgan fingerprint density at radius 2 is 2.00 bits per heavy atom. The molecule has 0 spiro atoms.